The lowest BCUT2D eigenvalue weighted by Crippen LogP contribution is -2.29. The van der Waals surface area contributed by atoms with E-state index in [0.717, 1.165) is 10.6 Å². The fourth-order valence-electron chi connectivity index (χ4n) is 2.39. The standard InChI is InChI=1S/C19H24N2O2S/c1-14(10-15(2)22)11-21-19(23)17-5-7-18(8-6-17)24-13-16-4-3-9-20-12-16/h3-9,12,14-15,22H,10-11,13H2,1-2H3,(H,21,23). The third-order valence-electron chi connectivity index (χ3n) is 3.60. The van der Waals surface area contributed by atoms with Gasteiger partial charge < -0.3 is 10.4 Å². The number of carbonyl (C=O) groups excluding carboxylic acids is 1. The summed E-state index contributed by atoms with van der Waals surface area (Å²) in [5.41, 5.74) is 1.83. The van der Waals surface area contributed by atoms with Gasteiger partial charge in [-0.1, -0.05) is 13.0 Å². The zero-order valence-electron chi connectivity index (χ0n) is 14.1. The van der Waals surface area contributed by atoms with Crippen LogP contribution >= 0.6 is 11.8 Å². The summed E-state index contributed by atoms with van der Waals surface area (Å²) in [6.45, 7) is 4.35. The van der Waals surface area contributed by atoms with Crippen LogP contribution in [0.25, 0.3) is 0 Å². The highest BCUT2D eigenvalue weighted by Crippen LogP contribution is 2.22. The molecule has 0 spiro atoms. The molecule has 1 amide bonds. The van der Waals surface area contributed by atoms with Gasteiger partial charge in [0.2, 0.25) is 0 Å². The molecule has 0 aliphatic carbocycles. The smallest absolute Gasteiger partial charge is 0.251 e. The van der Waals surface area contributed by atoms with Crippen LogP contribution in [0.3, 0.4) is 0 Å². The number of aliphatic hydroxyl groups excluding tert-OH is 1. The Morgan fingerprint density at radius 1 is 1.25 bits per heavy atom. The van der Waals surface area contributed by atoms with Gasteiger partial charge in [0.25, 0.3) is 5.91 Å². The largest absolute Gasteiger partial charge is 0.393 e. The molecule has 0 saturated carbocycles. The molecular weight excluding hydrogens is 320 g/mol. The maximum Gasteiger partial charge on any atom is 0.251 e. The first-order valence-corrected chi connectivity index (χ1v) is 9.11. The summed E-state index contributed by atoms with van der Waals surface area (Å²) in [4.78, 5) is 17.4. The van der Waals surface area contributed by atoms with Crippen LogP contribution in [0.1, 0.15) is 36.2 Å². The van der Waals surface area contributed by atoms with Crippen molar-refractivity contribution in [1.29, 1.82) is 0 Å². The lowest BCUT2D eigenvalue weighted by atomic mass is 10.0. The molecule has 128 valence electrons. The van der Waals surface area contributed by atoms with Crippen LogP contribution in [0.4, 0.5) is 0 Å². The molecule has 1 aromatic carbocycles. The van der Waals surface area contributed by atoms with Gasteiger partial charge in [0.15, 0.2) is 0 Å². The minimum Gasteiger partial charge on any atom is -0.393 e. The Hall–Kier alpha value is -1.85. The molecule has 0 aliphatic rings. The van der Waals surface area contributed by atoms with Crippen LogP contribution in [0, 0.1) is 5.92 Å². The van der Waals surface area contributed by atoms with Gasteiger partial charge in [0.1, 0.15) is 0 Å². The Morgan fingerprint density at radius 2 is 2.00 bits per heavy atom. The second-order valence-corrected chi connectivity index (χ2v) is 7.12. The van der Waals surface area contributed by atoms with E-state index in [4.69, 9.17) is 0 Å². The molecule has 0 fully saturated rings. The number of amides is 1. The van der Waals surface area contributed by atoms with E-state index in [1.165, 1.54) is 5.56 Å². The van der Waals surface area contributed by atoms with Crippen LogP contribution in [0.15, 0.2) is 53.7 Å². The maximum atomic E-state index is 12.1. The monoisotopic (exact) mass is 344 g/mol. The van der Waals surface area contributed by atoms with E-state index in [1.807, 2.05) is 43.5 Å². The van der Waals surface area contributed by atoms with Crippen molar-refractivity contribution in [3.05, 3.63) is 59.9 Å². The minimum atomic E-state index is -0.340. The van der Waals surface area contributed by atoms with Gasteiger partial charge in [-0.3, -0.25) is 9.78 Å². The predicted octanol–water partition coefficient (Wildman–Crippen LogP) is 3.51. The van der Waals surface area contributed by atoms with E-state index in [2.05, 4.69) is 16.4 Å². The number of nitrogens with one attached hydrogen (secondary N) is 1. The average Bonchev–Trinajstić information content (AvgIpc) is 2.58. The summed E-state index contributed by atoms with van der Waals surface area (Å²) in [5, 5.41) is 12.3. The molecule has 2 atom stereocenters. The van der Waals surface area contributed by atoms with Crippen LogP contribution in [0.2, 0.25) is 0 Å². The summed E-state index contributed by atoms with van der Waals surface area (Å²) in [5.74, 6) is 1.04. The van der Waals surface area contributed by atoms with E-state index in [-0.39, 0.29) is 17.9 Å². The van der Waals surface area contributed by atoms with Crippen molar-refractivity contribution in [2.24, 2.45) is 5.92 Å². The topological polar surface area (TPSA) is 62.2 Å². The van der Waals surface area contributed by atoms with E-state index in [0.29, 0.717) is 18.5 Å². The molecule has 24 heavy (non-hydrogen) atoms. The Morgan fingerprint density at radius 3 is 2.62 bits per heavy atom. The maximum absolute atomic E-state index is 12.1. The average molecular weight is 344 g/mol. The van der Waals surface area contributed by atoms with Crippen molar-refractivity contribution in [1.82, 2.24) is 10.3 Å². The molecule has 0 saturated heterocycles. The highest BCUT2D eigenvalue weighted by molar-refractivity contribution is 7.98. The van der Waals surface area contributed by atoms with E-state index >= 15 is 0 Å². The normalized spacial score (nSPS) is 13.3. The quantitative estimate of drug-likeness (QED) is 0.719. The molecule has 0 radical (unpaired) electrons. The van der Waals surface area contributed by atoms with Gasteiger partial charge in [-0.05, 0) is 55.2 Å². The van der Waals surface area contributed by atoms with E-state index in [1.54, 1.807) is 24.9 Å². The van der Waals surface area contributed by atoms with Crippen molar-refractivity contribution in [3.63, 3.8) is 0 Å². The third-order valence-corrected chi connectivity index (χ3v) is 4.68. The molecule has 0 aliphatic heterocycles. The third kappa shape index (κ3) is 6.34. The van der Waals surface area contributed by atoms with Crippen molar-refractivity contribution in [2.45, 2.75) is 37.0 Å². The zero-order chi connectivity index (χ0) is 17.4. The Balaban J connectivity index is 1.81. The number of rotatable bonds is 8. The van der Waals surface area contributed by atoms with E-state index < -0.39 is 0 Å². The summed E-state index contributed by atoms with van der Waals surface area (Å²) < 4.78 is 0. The highest BCUT2D eigenvalue weighted by Gasteiger charge is 2.10. The van der Waals surface area contributed by atoms with E-state index in [9.17, 15) is 9.90 Å². The van der Waals surface area contributed by atoms with Gasteiger partial charge in [-0.2, -0.15) is 0 Å². The number of nitrogens with zero attached hydrogens (tertiary/aromatic N) is 1. The van der Waals surface area contributed by atoms with Gasteiger partial charge >= 0.3 is 0 Å². The predicted molar refractivity (Wildman–Crippen MR) is 98.0 cm³/mol. The molecule has 2 aromatic rings. The van der Waals surface area contributed by atoms with Crippen LogP contribution in [0.5, 0.6) is 0 Å². The molecular formula is C19H24N2O2S. The molecule has 5 heteroatoms. The lowest BCUT2D eigenvalue weighted by Gasteiger charge is -2.14. The Labute approximate surface area is 147 Å². The highest BCUT2D eigenvalue weighted by atomic mass is 32.2. The number of carbonyl (C=O) groups is 1. The minimum absolute atomic E-state index is 0.0729. The number of aliphatic hydroxyl groups is 1. The summed E-state index contributed by atoms with van der Waals surface area (Å²) in [6.07, 6.45) is 3.98. The van der Waals surface area contributed by atoms with Crippen molar-refractivity contribution < 1.29 is 9.90 Å². The van der Waals surface area contributed by atoms with Gasteiger partial charge in [0, 0.05) is 35.2 Å². The molecule has 2 N–H and O–H groups in total. The molecule has 2 rings (SSSR count). The van der Waals surface area contributed by atoms with Crippen LogP contribution in [-0.4, -0.2) is 28.6 Å². The zero-order valence-corrected chi connectivity index (χ0v) is 14.9. The molecule has 0 bridgehead atoms. The van der Waals surface area contributed by atoms with Crippen molar-refractivity contribution in [3.8, 4) is 0 Å². The van der Waals surface area contributed by atoms with Crippen LogP contribution in [-0.2, 0) is 5.75 Å². The lowest BCUT2D eigenvalue weighted by molar-refractivity contribution is 0.0939. The SMILES string of the molecule is CC(O)CC(C)CNC(=O)c1ccc(SCc2cccnc2)cc1. The first kappa shape index (κ1) is 18.5. The first-order chi connectivity index (χ1) is 11.5. The summed E-state index contributed by atoms with van der Waals surface area (Å²) >= 11 is 1.72. The van der Waals surface area contributed by atoms with Gasteiger partial charge in [-0.15, -0.1) is 11.8 Å². The van der Waals surface area contributed by atoms with Crippen molar-refractivity contribution in [2.75, 3.05) is 6.54 Å². The molecule has 2 unspecified atom stereocenters. The summed E-state index contributed by atoms with van der Waals surface area (Å²) in [6, 6.07) is 11.6. The number of hydrogen-bond acceptors (Lipinski definition) is 4. The fourth-order valence-corrected chi connectivity index (χ4v) is 3.22. The van der Waals surface area contributed by atoms with Crippen molar-refractivity contribution >= 4 is 17.7 Å². The number of thioether (sulfide) groups is 1. The number of pyridine rings is 1. The second kappa shape index (κ2) is 9.45. The first-order valence-electron chi connectivity index (χ1n) is 8.12. The summed E-state index contributed by atoms with van der Waals surface area (Å²) in [7, 11) is 0. The number of aromatic nitrogens is 1. The number of hydrogen-bond donors (Lipinski definition) is 2. The van der Waals surface area contributed by atoms with Gasteiger partial charge in [0.05, 0.1) is 6.10 Å². The Bertz CT molecular complexity index is 630. The molecule has 4 nitrogen and oxygen atoms in total. The number of benzene rings is 1. The molecule has 1 aromatic heterocycles. The second-order valence-electron chi connectivity index (χ2n) is 6.07. The Kier molecular flexibility index (Phi) is 7.28. The fraction of sp³-hybridized carbons (Fsp3) is 0.368. The van der Waals surface area contributed by atoms with Gasteiger partial charge in [-0.25, -0.2) is 0 Å². The van der Waals surface area contributed by atoms with Crippen LogP contribution < -0.4 is 5.32 Å². The molecule has 1 heterocycles.